The van der Waals surface area contributed by atoms with E-state index in [0.717, 1.165) is 37.2 Å². The van der Waals surface area contributed by atoms with Gasteiger partial charge in [0.25, 0.3) is 0 Å². The number of pyridine rings is 1. The first-order valence-corrected chi connectivity index (χ1v) is 10.8. The van der Waals surface area contributed by atoms with Crippen LogP contribution in [0.3, 0.4) is 0 Å². The molecule has 0 unspecified atom stereocenters. The van der Waals surface area contributed by atoms with Gasteiger partial charge in [-0.25, -0.2) is 14.2 Å². The number of halogens is 1. The van der Waals surface area contributed by atoms with Crippen LogP contribution in [-0.2, 0) is 16.2 Å². The SMILES string of the molecule is CCN(C=O)OCC1CCN(Cc2ccc(F)c(NC(=O)Nc3ccc(C)nc3)c2)CC1. The van der Waals surface area contributed by atoms with Gasteiger partial charge in [-0.2, -0.15) is 0 Å². The van der Waals surface area contributed by atoms with E-state index in [1.54, 1.807) is 30.5 Å². The number of carbonyl (C=O) groups is 2. The highest BCUT2D eigenvalue weighted by Crippen LogP contribution is 2.22. The van der Waals surface area contributed by atoms with E-state index in [0.29, 0.717) is 37.7 Å². The molecule has 3 rings (SSSR count). The number of hydrogen-bond donors (Lipinski definition) is 2. The Morgan fingerprint density at radius 1 is 1.28 bits per heavy atom. The number of likely N-dealkylation sites (tertiary alicyclic amines) is 1. The summed E-state index contributed by atoms with van der Waals surface area (Å²) in [5, 5.41) is 6.54. The number of urea groups is 1. The smallest absolute Gasteiger partial charge is 0.306 e. The lowest BCUT2D eigenvalue weighted by Crippen LogP contribution is -2.36. The van der Waals surface area contributed by atoms with Crippen molar-refractivity contribution in [3.63, 3.8) is 0 Å². The second kappa shape index (κ2) is 11.5. The maximum Gasteiger partial charge on any atom is 0.323 e. The molecule has 2 aromatic rings. The molecule has 0 aliphatic carbocycles. The van der Waals surface area contributed by atoms with Crippen LogP contribution in [0.25, 0.3) is 0 Å². The molecule has 2 heterocycles. The van der Waals surface area contributed by atoms with Crippen LogP contribution in [0, 0.1) is 18.7 Å². The van der Waals surface area contributed by atoms with E-state index in [4.69, 9.17) is 4.84 Å². The number of rotatable bonds is 9. The molecule has 1 aliphatic rings. The molecular formula is C23H30FN5O3. The van der Waals surface area contributed by atoms with Gasteiger partial charge in [-0.1, -0.05) is 6.07 Å². The van der Waals surface area contributed by atoms with Crippen molar-refractivity contribution >= 4 is 23.8 Å². The number of aryl methyl sites for hydroxylation is 1. The molecule has 0 spiro atoms. The summed E-state index contributed by atoms with van der Waals surface area (Å²) in [5.41, 5.74) is 2.44. The van der Waals surface area contributed by atoms with Crippen LogP contribution < -0.4 is 10.6 Å². The third-order valence-corrected chi connectivity index (χ3v) is 5.47. The highest BCUT2D eigenvalue weighted by atomic mass is 19.1. The molecule has 1 saturated heterocycles. The Balaban J connectivity index is 1.49. The van der Waals surface area contributed by atoms with E-state index in [9.17, 15) is 14.0 Å². The van der Waals surface area contributed by atoms with Crippen molar-refractivity contribution in [1.29, 1.82) is 0 Å². The van der Waals surface area contributed by atoms with Gasteiger partial charge in [0.2, 0.25) is 6.41 Å². The van der Waals surface area contributed by atoms with Gasteiger partial charge < -0.3 is 10.6 Å². The highest BCUT2D eigenvalue weighted by molar-refractivity contribution is 5.99. The second-order valence-electron chi connectivity index (χ2n) is 7.94. The third kappa shape index (κ3) is 7.00. The minimum atomic E-state index is -0.524. The summed E-state index contributed by atoms with van der Waals surface area (Å²) >= 11 is 0. The highest BCUT2D eigenvalue weighted by Gasteiger charge is 2.21. The molecular weight excluding hydrogens is 413 g/mol. The zero-order chi connectivity index (χ0) is 22.9. The fraction of sp³-hybridized carbons (Fsp3) is 0.435. The fourth-order valence-corrected chi connectivity index (χ4v) is 3.56. The molecule has 0 atom stereocenters. The number of benzene rings is 1. The van der Waals surface area contributed by atoms with Crippen LogP contribution in [0.1, 0.15) is 31.0 Å². The summed E-state index contributed by atoms with van der Waals surface area (Å²) in [5.74, 6) is -0.0805. The van der Waals surface area contributed by atoms with Gasteiger partial charge in [0, 0.05) is 18.8 Å². The van der Waals surface area contributed by atoms with Crippen molar-refractivity contribution < 1.29 is 18.8 Å². The first kappa shape index (κ1) is 23.6. The third-order valence-electron chi connectivity index (χ3n) is 5.47. The molecule has 32 heavy (non-hydrogen) atoms. The van der Waals surface area contributed by atoms with Crippen LogP contribution in [0.2, 0.25) is 0 Å². The fourth-order valence-electron chi connectivity index (χ4n) is 3.56. The van der Waals surface area contributed by atoms with Gasteiger partial charge >= 0.3 is 6.03 Å². The Morgan fingerprint density at radius 3 is 2.72 bits per heavy atom. The second-order valence-corrected chi connectivity index (χ2v) is 7.94. The van der Waals surface area contributed by atoms with Gasteiger partial charge in [-0.15, -0.1) is 0 Å². The molecule has 0 radical (unpaired) electrons. The van der Waals surface area contributed by atoms with E-state index in [1.807, 2.05) is 13.8 Å². The first-order chi connectivity index (χ1) is 15.5. The van der Waals surface area contributed by atoms with Crippen LogP contribution in [0.4, 0.5) is 20.6 Å². The molecule has 0 saturated carbocycles. The van der Waals surface area contributed by atoms with Crippen molar-refractivity contribution in [2.75, 3.05) is 36.9 Å². The Kier molecular flexibility index (Phi) is 8.52. The average Bonchev–Trinajstić information content (AvgIpc) is 2.79. The number of piperidine rings is 1. The van der Waals surface area contributed by atoms with Gasteiger partial charge in [-0.05, 0) is 75.5 Å². The summed E-state index contributed by atoms with van der Waals surface area (Å²) in [6.07, 6.45) is 4.19. The van der Waals surface area contributed by atoms with Crippen LogP contribution in [-0.4, -0.2) is 53.6 Å². The zero-order valence-electron chi connectivity index (χ0n) is 18.5. The van der Waals surface area contributed by atoms with Gasteiger partial charge in [0.1, 0.15) is 5.82 Å². The summed E-state index contributed by atoms with van der Waals surface area (Å²) in [7, 11) is 0. The monoisotopic (exact) mass is 443 g/mol. The number of aromatic nitrogens is 1. The number of anilines is 2. The lowest BCUT2D eigenvalue weighted by Gasteiger charge is -2.32. The van der Waals surface area contributed by atoms with E-state index in [-0.39, 0.29) is 5.69 Å². The van der Waals surface area contributed by atoms with Gasteiger partial charge in [-0.3, -0.25) is 19.5 Å². The Hall–Kier alpha value is -3.04. The zero-order valence-corrected chi connectivity index (χ0v) is 18.5. The summed E-state index contributed by atoms with van der Waals surface area (Å²) in [4.78, 5) is 35.0. The van der Waals surface area contributed by atoms with Crippen molar-refractivity contribution in [3.8, 4) is 0 Å². The molecule has 2 N–H and O–H groups in total. The number of hydrogen-bond acceptors (Lipinski definition) is 5. The minimum absolute atomic E-state index is 0.136. The van der Waals surface area contributed by atoms with Crippen molar-refractivity contribution in [2.45, 2.75) is 33.2 Å². The van der Waals surface area contributed by atoms with E-state index in [1.165, 1.54) is 11.1 Å². The number of carbonyl (C=O) groups excluding carboxylic acids is 2. The summed E-state index contributed by atoms with van der Waals surface area (Å²) in [6, 6.07) is 7.78. The maximum atomic E-state index is 14.2. The molecule has 9 heteroatoms. The molecule has 172 valence electrons. The van der Waals surface area contributed by atoms with Crippen LogP contribution in [0.5, 0.6) is 0 Å². The normalized spacial score (nSPS) is 14.7. The Labute approximate surface area is 187 Å². The summed E-state index contributed by atoms with van der Waals surface area (Å²) in [6.45, 7) is 7.24. The molecule has 3 amide bonds. The molecule has 1 aromatic heterocycles. The van der Waals surface area contributed by atoms with Crippen LogP contribution >= 0.6 is 0 Å². The number of hydroxylamine groups is 2. The predicted octanol–water partition coefficient (Wildman–Crippen LogP) is 3.80. The van der Waals surface area contributed by atoms with Crippen LogP contribution in [0.15, 0.2) is 36.5 Å². The first-order valence-electron chi connectivity index (χ1n) is 10.8. The Morgan fingerprint density at radius 2 is 2.06 bits per heavy atom. The molecule has 8 nitrogen and oxygen atoms in total. The largest absolute Gasteiger partial charge is 0.323 e. The molecule has 1 fully saturated rings. The Bertz CT molecular complexity index is 901. The van der Waals surface area contributed by atoms with E-state index in [2.05, 4.69) is 20.5 Å². The van der Waals surface area contributed by atoms with Crippen molar-refractivity contribution in [2.24, 2.45) is 5.92 Å². The maximum absolute atomic E-state index is 14.2. The predicted molar refractivity (Wildman–Crippen MR) is 120 cm³/mol. The number of amides is 3. The van der Waals surface area contributed by atoms with E-state index < -0.39 is 11.8 Å². The van der Waals surface area contributed by atoms with Gasteiger partial charge in [0.05, 0.1) is 24.2 Å². The molecule has 1 aromatic carbocycles. The van der Waals surface area contributed by atoms with Crippen molar-refractivity contribution in [3.05, 3.63) is 53.6 Å². The lowest BCUT2D eigenvalue weighted by atomic mass is 9.97. The van der Waals surface area contributed by atoms with E-state index >= 15 is 0 Å². The molecule has 1 aliphatic heterocycles. The summed E-state index contributed by atoms with van der Waals surface area (Å²) < 4.78 is 14.2. The topological polar surface area (TPSA) is 86.8 Å². The average molecular weight is 444 g/mol. The number of nitrogens with zero attached hydrogens (tertiary/aromatic N) is 3. The number of nitrogens with one attached hydrogen (secondary N) is 2. The van der Waals surface area contributed by atoms with Gasteiger partial charge in [0.15, 0.2) is 0 Å². The lowest BCUT2D eigenvalue weighted by molar-refractivity contribution is -0.177. The minimum Gasteiger partial charge on any atom is -0.306 e. The quantitative estimate of drug-likeness (QED) is 0.455. The standard InChI is InChI=1S/C23H30FN5O3/c1-3-29(16-30)32-15-18-8-10-28(11-9-18)14-19-5-7-21(24)22(12-19)27-23(31)26-20-6-4-17(2)25-13-20/h4-7,12-13,16,18H,3,8-11,14-15H2,1-2H3,(H2,26,27,31). The molecule has 0 bridgehead atoms. The van der Waals surface area contributed by atoms with Crippen molar-refractivity contribution in [1.82, 2.24) is 14.9 Å².